The summed E-state index contributed by atoms with van der Waals surface area (Å²) in [7, 11) is 0. The molecule has 0 aliphatic rings. The van der Waals surface area contributed by atoms with E-state index in [9.17, 15) is 4.79 Å². The average molecular weight is 337 g/mol. The number of aryl methyl sites for hydroxylation is 2. The third kappa shape index (κ3) is 3.99. The number of ether oxygens (including phenoxy) is 1. The summed E-state index contributed by atoms with van der Waals surface area (Å²) < 4.78 is 8.09. The van der Waals surface area contributed by atoms with Crippen LogP contribution >= 0.6 is 0 Å². The Balaban J connectivity index is 1.73. The topological polar surface area (TPSA) is 56.1 Å². The van der Waals surface area contributed by atoms with Crippen LogP contribution in [-0.2, 0) is 17.8 Å². The van der Waals surface area contributed by atoms with E-state index in [1.54, 1.807) is 0 Å². The number of carbonyl (C=O) groups excluding carboxylic acids is 1. The van der Waals surface area contributed by atoms with Gasteiger partial charge >= 0.3 is 0 Å². The molecule has 0 aliphatic carbocycles. The summed E-state index contributed by atoms with van der Waals surface area (Å²) in [5, 5.41) is 2.70. The van der Waals surface area contributed by atoms with Crippen LogP contribution in [0.25, 0.3) is 11.0 Å². The molecule has 5 nitrogen and oxygen atoms in total. The SMILES string of the molecule is Cc1ccc(OCCn2c(CCNC=O)nc3ccccc32)cc1C. The second-order valence-electron chi connectivity index (χ2n) is 6.08. The molecule has 0 fully saturated rings. The van der Waals surface area contributed by atoms with Crippen LogP contribution in [0.1, 0.15) is 17.0 Å². The van der Waals surface area contributed by atoms with Gasteiger partial charge in [0.25, 0.3) is 0 Å². The van der Waals surface area contributed by atoms with E-state index in [0.717, 1.165) is 29.0 Å². The van der Waals surface area contributed by atoms with Gasteiger partial charge in [-0.05, 0) is 49.2 Å². The van der Waals surface area contributed by atoms with Gasteiger partial charge in [0, 0.05) is 13.0 Å². The molecule has 0 saturated carbocycles. The molecule has 25 heavy (non-hydrogen) atoms. The summed E-state index contributed by atoms with van der Waals surface area (Å²) in [5.41, 5.74) is 4.55. The van der Waals surface area contributed by atoms with Crippen LogP contribution < -0.4 is 10.1 Å². The average Bonchev–Trinajstić information content (AvgIpc) is 2.96. The van der Waals surface area contributed by atoms with Crippen molar-refractivity contribution < 1.29 is 9.53 Å². The summed E-state index contributed by atoms with van der Waals surface area (Å²) in [4.78, 5) is 15.2. The van der Waals surface area contributed by atoms with Gasteiger partial charge in [-0.15, -0.1) is 0 Å². The fourth-order valence-corrected chi connectivity index (χ4v) is 2.87. The molecule has 0 bridgehead atoms. The van der Waals surface area contributed by atoms with E-state index in [-0.39, 0.29) is 0 Å². The molecule has 3 aromatic rings. The highest BCUT2D eigenvalue weighted by Gasteiger charge is 2.10. The monoisotopic (exact) mass is 337 g/mol. The first-order valence-corrected chi connectivity index (χ1v) is 8.50. The number of amides is 1. The fourth-order valence-electron chi connectivity index (χ4n) is 2.87. The number of benzene rings is 2. The number of para-hydroxylation sites is 2. The molecule has 3 rings (SSSR count). The Hall–Kier alpha value is -2.82. The number of nitrogens with zero attached hydrogens (tertiary/aromatic N) is 2. The first kappa shape index (κ1) is 17.0. The lowest BCUT2D eigenvalue weighted by Gasteiger charge is -2.12. The Morgan fingerprint density at radius 3 is 2.80 bits per heavy atom. The van der Waals surface area contributed by atoms with E-state index in [1.165, 1.54) is 11.1 Å². The minimum Gasteiger partial charge on any atom is -0.492 e. The number of fused-ring (bicyclic) bond motifs is 1. The van der Waals surface area contributed by atoms with Crippen LogP contribution in [0.5, 0.6) is 5.75 Å². The van der Waals surface area contributed by atoms with Gasteiger partial charge in [-0.2, -0.15) is 0 Å². The zero-order valence-corrected chi connectivity index (χ0v) is 14.7. The summed E-state index contributed by atoms with van der Waals surface area (Å²) >= 11 is 0. The molecule has 0 radical (unpaired) electrons. The van der Waals surface area contributed by atoms with Gasteiger partial charge in [0.15, 0.2) is 0 Å². The van der Waals surface area contributed by atoms with E-state index >= 15 is 0 Å². The Bertz CT molecular complexity index is 871. The molecular weight excluding hydrogens is 314 g/mol. The molecule has 0 unspecified atom stereocenters. The van der Waals surface area contributed by atoms with E-state index in [0.29, 0.717) is 26.1 Å². The molecule has 1 heterocycles. The van der Waals surface area contributed by atoms with Crippen molar-refractivity contribution in [1.82, 2.24) is 14.9 Å². The summed E-state index contributed by atoms with van der Waals surface area (Å²) in [5.74, 6) is 1.84. The van der Waals surface area contributed by atoms with E-state index in [4.69, 9.17) is 4.74 Å². The first-order chi connectivity index (χ1) is 12.2. The summed E-state index contributed by atoms with van der Waals surface area (Å²) in [6.07, 6.45) is 1.41. The number of aromatic nitrogens is 2. The Kier molecular flexibility index (Phi) is 5.33. The lowest BCUT2D eigenvalue weighted by molar-refractivity contribution is -0.109. The standard InChI is InChI=1S/C20H23N3O2/c1-15-7-8-17(13-16(15)2)25-12-11-23-19-6-4-3-5-18(19)22-20(23)9-10-21-14-24/h3-8,13-14H,9-12H2,1-2H3,(H,21,24). The van der Waals surface area contributed by atoms with Gasteiger partial charge in [0.05, 0.1) is 17.6 Å². The molecule has 1 aromatic heterocycles. The second kappa shape index (κ2) is 7.83. The van der Waals surface area contributed by atoms with E-state index in [1.807, 2.05) is 24.3 Å². The number of nitrogens with one attached hydrogen (secondary N) is 1. The van der Waals surface area contributed by atoms with Gasteiger partial charge in [0.1, 0.15) is 18.2 Å². The third-order valence-corrected chi connectivity index (χ3v) is 4.37. The Morgan fingerprint density at radius 2 is 2.00 bits per heavy atom. The zero-order chi connectivity index (χ0) is 17.6. The molecule has 0 aliphatic heterocycles. The van der Waals surface area contributed by atoms with Crippen molar-refractivity contribution in [2.24, 2.45) is 0 Å². The maximum atomic E-state index is 10.5. The van der Waals surface area contributed by atoms with Gasteiger partial charge in [-0.1, -0.05) is 18.2 Å². The maximum Gasteiger partial charge on any atom is 0.207 e. The molecular formula is C20H23N3O2. The maximum absolute atomic E-state index is 10.5. The number of hydrogen-bond donors (Lipinski definition) is 1. The highest BCUT2D eigenvalue weighted by molar-refractivity contribution is 5.75. The molecule has 0 saturated heterocycles. The van der Waals surface area contributed by atoms with Crippen LogP contribution in [0.2, 0.25) is 0 Å². The van der Waals surface area contributed by atoms with Crippen LogP contribution in [0.15, 0.2) is 42.5 Å². The van der Waals surface area contributed by atoms with Gasteiger partial charge in [-0.25, -0.2) is 4.98 Å². The number of imidazole rings is 1. The summed E-state index contributed by atoms with van der Waals surface area (Å²) in [6, 6.07) is 14.2. The third-order valence-electron chi connectivity index (χ3n) is 4.37. The van der Waals surface area contributed by atoms with Crippen molar-refractivity contribution in [2.45, 2.75) is 26.8 Å². The van der Waals surface area contributed by atoms with E-state index < -0.39 is 0 Å². The van der Waals surface area contributed by atoms with Crippen LogP contribution in [0, 0.1) is 13.8 Å². The molecule has 2 aromatic carbocycles. The minimum absolute atomic E-state index is 0.566. The molecule has 130 valence electrons. The molecule has 0 spiro atoms. The highest BCUT2D eigenvalue weighted by Crippen LogP contribution is 2.18. The number of rotatable bonds is 8. The molecule has 5 heteroatoms. The van der Waals surface area contributed by atoms with Gasteiger partial charge in [-0.3, -0.25) is 4.79 Å². The van der Waals surface area contributed by atoms with Crippen molar-refractivity contribution in [2.75, 3.05) is 13.2 Å². The zero-order valence-electron chi connectivity index (χ0n) is 14.7. The highest BCUT2D eigenvalue weighted by atomic mass is 16.5. The second-order valence-corrected chi connectivity index (χ2v) is 6.08. The van der Waals surface area contributed by atoms with Gasteiger partial charge in [0.2, 0.25) is 6.41 Å². The minimum atomic E-state index is 0.566. The van der Waals surface area contributed by atoms with E-state index in [2.05, 4.69) is 46.9 Å². The number of carbonyl (C=O) groups is 1. The van der Waals surface area contributed by atoms with Crippen molar-refractivity contribution >= 4 is 17.4 Å². The van der Waals surface area contributed by atoms with Crippen molar-refractivity contribution in [3.05, 3.63) is 59.4 Å². The Morgan fingerprint density at radius 1 is 1.16 bits per heavy atom. The van der Waals surface area contributed by atoms with Crippen molar-refractivity contribution in [3.8, 4) is 5.75 Å². The lowest BCUT2D eigenvalue weighted by atomic mass is 10.1. The lowest BCUT2D eigenvalue weighted by Crippen LogP contribution is -2.18. The quantitative estimate of drug-likeness (QED) is 0.508. The normalized spacial score (nSPS) is 10.8. The Labute approximate surface area is 147 Å². The van der Waals surface area contributed by atoms with Crippen LogP contribution in [-0.4, -0.2) is 29.1 Å². The van der Waals surface area contributed by atoms with Crippen LogP contribution in [0.3, 0.4) is 0 Å². The summed E-state index contributed by atoms with van der Waals surface area (Å²) in [6.45, 7) is 6.03. The molecule has 1 N–H and O–H groups in total. The largest absolute Gasteiger partial charge is 0.492 e. The smallest absolute Gasteiger partial charge is 0.207 e. The van der Waals surface area contributed by atoms with Gasteiger partial charge < -0.3 is 14.6 Å². The first-order valence-electron chi connectivity index (χ1n) is 8.50. The molecule has 0 atom stereocenters. The predicted octanol–water partition coefficient (Wildman–Crippen LogP) is 3.02. The molecule has 1 amide bonds. The number of hydrogen-bond acceptors (Lipinski definition) is 3. The predicted molar refractivity (Wildman–Crippen MR) is 98.9 cm³/mol. The van der Waals surface area contributed by atoms with Crippen molar-refractivity contribution in [3.63, 3.8) is 0 Å². The van der Waals surface area contributed by atoms with Crippen molar-refractivity contribution in [1.29, 1.82) is 0 Å². The van der Waals surface area contributed by atoms with Crippen LogP contribution in [0.4, 0.5) is 0 Å². The fraction of sp³-hybridized carbons (Fsp3) is 0.300.